The number of alkyl halides is 2. The van der Waals surface area contributed by atoms with Gasteiger partial charge in [-0.1, -0.05) is 36.0 Å². The SMILES string of the molecule is COc1c(Cl)cccc1NC(=S)C1=C(NCc2ccncc2OCc2cccc(C(F)F)n2)CCN(C(=O)OC(C)(C)C)C1=O. The number of anilines is 1. The Morgan fingerprint density at radius 2 is 1.93 bits per heavy atom. The van der Waals surface area contributed by atoms with Crippen LogP contribution in [0.3, 0.4) is 0 Å². The largest absolute Gasteiger partial charge is 0.493 e. The number of aromatic nitrogens is 2. The summed E-state index contributed by atoms with van der Waals surface area (Å²) < 4.78 is 42.9. The average molecular weight is 660 g/mol. The molecule has 3 aromatic rings. The highest BCUT2D eigenvalue weighted by molar-refractivity contribution is 7.81. The standard InChI is InChI=1S/C31H32ClF2N5O5S/c1-31(2,3)44-30(41)39-14-12-21(25(29(39)40)28(45)38-22-9-6-8-20(32)26(22)42-4)36-15-18-11-13-35-16-24(18)43-17-19-7-5-10-23(37-19)27(33)34/h5-11,13,16,27,36H,12,14-15,17H2,1-4H3,(H,38,45). The summed E-state index contributed by atoms with van der Waals surface area (Å²) >= 11 is 12.0. The summed E-state index contributed by atoms with van der Waals surface area (Å²) in [5.41, 5.74) is 0.805. The van der Waals surface area contributed by atoms with E-state index in [1.807, 2.05) is 0 Å². The zero-order chi connectivity index (χ0) is 32.7. The van der Waals surface area contributed by atoms with Crippen LogP contribution in [0.2, 0.25) is 5.02 Å². The van der Waals surface area contributed by atoms with Crippen LogP contribution in [0.4, 0.5) is 19.3 Å². The van der Waals surface area contributed by atoms with Crippen molar-refractivity contribution >= 4 is 46.5 Å². The van der Waals surface area contributed by atoms with E-state index < -0.39 is 24.0 Å². The molecule has 0 atom stereocenters. The van der Waals surface area contributed by atoms with Gasteiger partial charge in [-0.2, -0.15) is 0 Å². The third-order valence-corrected chi connectivity index (χ3v) is 7.00. The number of pyridine rings is 2. The predicted octanol–water partition coefficient (Wildman–Crippen LogP) is 6.61. The molecule has 0 fully saturated rings. The summed E-state index contributed by atoms with van der Waals surface area (Å²) in [7, 11) is 1.46. The van der Waals surface area contributed by atoms with E-state index in [-0.39, 0.29) is 42.4 Å². The quantitative estimate of drug-likeness (QED) is 0.231. The van der Waals surface area contributed by atoms with Gasteiger partial charge in [0.2, 0.25) is 0 Å². The van der Waals surface area contributed by atoms with Crippen molar-refractivity contribution in [1.29, 1.82) is 0 Å². The minimum absolute atomic E-state index is 0.0347. The number of para-hydroxylation sites is 1. The summed E-state index contributed by atoms with van der Waals surface area (Å²) in [6.45, 7) is 5.30. The number of halogens is 3. The second-order valence-corrected chi connectivity index (χ2v) is 11.6. The van der Waals surface area contributed by atoms with Crippen LogP contribution in [0.1, 0.15) is 50.6 Å². The summed E-state index contributed by atoms with van der Waals surface area (Å²) in [6.07, 6.45) is -0.169. The van der Waals surface area contributed by atoms with E-state index in [1.54, 1.807) is 57.3 Å². The van der Waals surface area contributed by atoms with Crippen molar-refractivity contribution in [3.05, 3.63) is 88.1 Å². The molecule has 1 aromatic carbocycles. The van der Waals surface area contributed by atoms with Crippen molar-refractivity contribution in [3.63, 3.8) is 0 Å². The Kier molecular flexibility index (Phi) is 10.9. The van der Waals surface area contributed by atoms with Crippen molar-refractivity contribution in [3.8, 4) is 11.5 Å². The Hall–Kier alpha value is -4.36. The van der Waals surface area contributed by atoms with Crippen molar-refractivity contribution in [1.82, 2.24) is 20.2 Å². The van der Waals surface area contributed by atoms with Crippen molar-refractivity contribution in [2.75, 3.05) is 19.0 Å². The molecule has 0 unspecified atom stereocenters. The van der Waals surface area contributed by atoms with Crippen LogP contribution in [0.5, 0.6) is 11.5 Å². The van der Waals surface area contributed by atoms with E-state index in [2.05, 4.69) is 20.6 Å². The van der Waals surface area contributed by atoms with Gasteiger partial charge in [0.05, 0.1) is 35.3 Å². The smallest absolute Gasteiger partial charge is 0.417 e. The number of rotatable bonds is 10. The van der Waals surface area contributed by atoms with Gasteiger partial charge in [-0.05, 0) is 51.1 Å². The number of nitrogens with zero attached hydrogens (tertiary/aromatic N) is 3. The van der Waals surface area contributed by atoms with Gasteiger partial charge in [-0.3, -0.25) is 9.78 Å². The minimum Gasteiger partial charge on any atom is -0.493 e. The Labute approximate surface area is 269 Å². The first-order chi connectivity index (χ1) is 21.4. The van der Waals surface area contributed by atoms with E-state index in [0.717, 1.165) is 4.90 Å². The number of nitrogens with one attached hydrogen (secondary N) is 2. The van der Waals surface area contributed by atoms with E-state index in [4.69, 9.17) is 38.0 Å². The monoisotopic (exact) mass is 659 g/mol. The lowest BCUT2D eigenvalue weighted by atomic mass is 10.0. The molecule has 3 heterocycles. The molecule has 0 saturated heterocycles. The van der Waals surface area contributed by atoms with E-state index in [0.29, 0.717) is 39.2 Å². The lowest BCUT2D eigenvalue weighted by molar-refractivity contribution is -0.126. The summed E-state index contributed by atoms with van der Waals surface area (Å²) in [5, 5.41) is 6.64. The van der Waals surface area contributed by atoms with Crippen LogP contribution in [-0.4, -0.2) is 51.1 Å². The van der Waals surface area contributed by atoms with Gasteiger partial charge in [0, 0.05) is 37.0 Å². The molecule has 45 heavy (non-hydrogen) atoms. The number of benzene rings is 1. The number of thiocarbonyl (C=S) groups is 1. The number of hydrogen-bond donors (Lipinski definition) is 2. The molecular weight excluding hydrogens is 628 g/mol. The molecule has 1 aliphatic heterocycles. The molecular formula is C31H32ClF2N5O5S. The molecule has 2 aromatic heterocycles. The van der Waals surface area contributed by atoms with Crippen LogP contribution in [0.25, 0.3) is 0 Å². The third kappa shape index (κ3) is 8.64. The second-order valence-electron chi connectivity index (χ2n) is 10.8. The molecule has 1 aliphatic rings. The molecule has 0 saturated carbocycles. The number of hydrogen-bond acceptors (Lipinski definition) is 9. The average Bonchev–Trinajstić information content (AvgIpc) is 2.98. The predicted molar refractivity (Wildman–Crippen MR) is 168 cm³/mol. The minimum atomic E-state index is -2.70. The molecule has 10 nitrogen and oxygen atoms in total. The number of amides is 2. The molecule has 4 rings (SSSR count). The van der Waals surface area contributed by atoms with Crippen molar-refractivity contribution in [2.24, 2.45) is 0 Å². The lowest BCUT2D eigenvalue weighted by Gasteiger charge is -2.31. The first kappa shape index (κ1) is 33.5. The maximum atomic E-state index is 13.8. The molecule has 2 N–H and O–H groups in total. The van der Waals surface area contributed by atoms with Crippen LogP contribution >= 0.6 is 23.8 Å². The summed E-state index contributed by atoms with van der Waals surface area (Å²) in [6, 6.07) is 11.1. The zero-order valence-electron chi connectivity index (χ0n) is 25.0. The number of methoxy groups -OCH3 is 1. The van der Waals surface area contributed by atoms with Gasteiger partial charge in [0.1, 0.15) is 28.6 Å². The normalized spacial score (nSPS) is 13.5. The maximum absolute atomic E-state index is 13.8. The molecule has 0 spiro atoms. The first-order valence-electron chi connectivity index (χ1n) is 13.8. The van der Waals surface area contributed by atoms with Crippen LogP contribution in [-0.2, 0) is 22.7 Å². The van der Waals surface area contributed by atoms with Gasteiger partial charge in [-0.25, -0.2) is 23.5 Å². The Balaban J connectivity index is 1.60. The van der Waals surface area contributed by atoms with Crippen molar-refractivity contribution in [2.45, 2.75) is 52.4 Å². The maximum Gasteiger partial charge on any atom is 0.417 e. The Morgan fingerprint density at radius 3 is 2.64 bits per heavy atom. The number of ether oxygens (including phenoxy) is 3. The van der Waals surface area contributed by atoms with Gasteiger partial charge in [0.25, 0.3) is 12.3 Å². The third-order valence-electron chi connectivity index (χ3n) is 6.40. The highest BCUT2D eigenvalue weighted by atomic mass is 35.5. The fraction of sp³-hybridized carbons (Fsp3) is 0.323. The molecule has 0 aliphatic carbocycles. The van der Waals surface area contributed by atoms with Crippen molar-refractivity contribution < 1.29 is 32.6 Å². The molecule has 238 valence electrons. The molecule has 2 amide bonds. The zero-order valence-corrected chi connectivity index (χ0v) is 26.6. The fourth-order valence-electron chi connectivity index (χ4n) is 4.35. The van der Waals surface area contributed by atoms with Gasteiger partial charge in [-0.15, -0.1) is 0 Å². The van der Waals surface area contributed by atoms with E-state index in [9.17, 15) is 18.4 Å². The highest BCUT2D eigenvalue weighted by Gasteiger charge is 2.36. The Morgan fingerprint density at radius 1 is 1.18 bits per heavy atom. The summed E-state index contributed by atoms with van der Waals surface area (Å²) in [5.74, 6) is 0.0713. The van der Waals surface area contributed by atoms with E-state index >= 15 is 0 Å². The van der Waals surface area contributed by atoms with Crippen LogP contribution in [0, 0.1) is 0 Å². The molecule has 0 radical (unpaired) electrons. The van der Waals surface area contributed by atoms with Gasteiger partial charge >= 0.3 is 6.09 Å². The molecule has 0 bridgehead atoms. The fourth-order valence-corrected chi connectivity index (χ4v) is 4.93. The first-order valence-corrected chi connectivity index (χ1v) is 14.6. The molecule has 14 heteroatoms. The topological polar surface area (TPSA) is 115 Å². The van der Waals surface area contributed by atoms with Crippen LogP contribution < -0.4 is 20.1 Å². The highest BCUT2D eigenvalue weighted by Crippen LogP contribution is 2.33. The van der Waals surface area contributed by atoms with Crippen LogP contribution in [0.15, 0.2) is 66.1 Å². The number of carbonyl (C=O) groups is 2. The van der Waals surface area contributed by atoms with Gasteiger partial charge in [0.15, 0.2) is 5.75 Å². The number of carbonyl (C=O) groups excluding carboxylic acids is 2. The van der Waals surface area contributed by atoms with Gasteiger partial charge < -0.3 is 24.8 Å². The second kappa shape index (κ2) is 14.6. The number of imide groups is 1. The Bertz CT molecular complexity index is 1620. The summed E-state index contributed by atoms with van der Waals surface area (Å²) in [4.78, 5) is 35.8. The lowest BCUT2D eigenvalue weighted by Crippen LogP contribution is -2.47. The van der Waals surface area contributed by atoms with E-state index in [1.165, 1.54) is 25.4 Å².